The van der Waals surface area contributed by atoms with Crippen molar-refractivity contribution in [2.45, 2.75) is 24.9 Å². The number of aromatic amines is 1. The molecular weight excluding hydrogens is 474 g/mol. The van der Waals surface area contributed by atoms with Crippen LogP contribution in [0.15, 0.2) is 72.8 Å². The van der Waals surface area contributed by atoms with E-state index in [1.54, 1.807) is 16.9 Å². The minimum atomic E-state index is -1.14. The number of para-hydroxylation sites is 2. The molecule has 0 bridgehead atoms. The molecule has 3 aromatic carbocycles. The summed E-state index contributed by atoms with van der Waals surface area (Å²) in [7, 11) is 1.61. The van der Waals surface area contributed by atoms with Crippen LogP contribution in [0, 0.1) is 0 Å². The van der Waals surface area contributed by atoms with Crippen molar-refractivity contribution < 1.29 is 14.3 Å². The Bertz CT molecular complexity index is 1500. The molecule has 2 aliphatic heterocycles. The maximum Gasteiger partial charge on any atom is 0.255 e. The van der Waals surface area contributed by atoms with Gasteiger partial charge in [0.2, 0.25) is 5.91 Å². The molecule has 0 aliphatic carbocycles. The Morgan fingerprint density at radius 3 is 2.53 bits per heavy atom. The molecule has 3 heterocycles. The van der Waals surface area contributed by atoms with E-state index in [4.69, 9.17) is 16.3 Å². The lowest BCUT2D eigenvalue weighted by atomic mass is 9.76. The molecular formula is C29H26ClN3O3. The number of hydrogen-bond acceptors (Lipinski definition) is 3. The minimum absolute atomic E-state index is 0.0232. The van der Waals surface area contributed by atoms with Gasteiger partial charge in [0.15, 0.2) is 5.54 Å². The van der Waals surface area contributed by atoms with Crippen molar-refractivity contribution in [3.8, 4) is 5.75 Å². The number of nitrogens with one attached hydrogen (secondary N) is 1. The monoisotopic (exact) mass is 499 g/mol. The molecule has 4 aromatic rings. The molecule has 36 heavy (non-hydrogen) atoms. The number of benzene rings is 3. The van der Waals surface area contributed by atoms with E-state index in [-0.39, 0.29) is 24.3 Å². The summed E-state index contributed by atoms with van der Waals surface area (Å²) in [6.07, 6.45) is 0. The molecule has 6 rings (SSSR count). The van der Waals surface area contributed by atoms with Crippen LogP contribution in [0.25, 0.3) is 10.9 Å². The number of carbonyl (C=O) groups is 2. The van der Waals surface area contributed by atoms with Gasteiger partial charge in [-0.15, -0.1) is 0 Å². The molecule has 2 aliphatic rings. The number of nitrogens with zero attached hydrogens (tertiary/aromatic N) is 2. The number of carbonyl (C=O) groups excluding carboxylic acids is 2. The Morgan fingerprint density at radius 1 is 1.03 bits per heavy atom. The number of ether oxygens (including phenoxy) is 1. The highest BCUT2D eigenvalue weighted by molar-refractivity contribution is 6.30. The average molecular weight is 500 g/mol. The third-order valence-electron chi connectivity index (χ3n) is 7.64. The van der Waals surface area contributed by atoms with Crippen molar-refractivity contribution in [3.63, 3.8) is 0 Å². The van der Waals surface area contributed by atoms with Crippen LogP contribution in [-0.4, -0.2) is 46.8 Å². The summed E-state index contributed by atoms with van der Waals surface area (Å²) in [4.78, 5) is 34.8. The molecule has 1 N–H and O–H groups in total. The summed E-state index contributed by atoms with van der Waals surface area (Å²) in [5.74, 6) is 0.438. The van der Waals surface area contributed by atoms with E-state index in [0.29, 0.717) is 23.9 Å². The van der Waals surface area contributed by atoms with Crippen LogP contribution in [-0.2, 0) is 21.7 Å². The van der Waals surface area contributed by atoms with Gasteiger partial charge < -0.3 is 19.5 Å². The summed E-state index contributed by atoms with van der Waals surface area (Å²) in [6, 6.07) is 23.4. The van der Waals surface area contributed by atoms with Crippen molar-refractivity contribution in [2.75, 3.05) is 20.2 Å². The summed E-state index contributed by atoms with van der Waals surface area (Å²) in [5, 5.41) is 1.73. The lowest BCUT2D eigenvalue weighted by Gasteiger charge is -2.51. The van der Waals surface area contributed by atoms with E-state index < -0.39 is 5.54 Å². The molecule has 0 spiro atoms. The number of rotatable bonds is 4. The van der Waals surface area contributed by atoms with Gasteiger partial charge in [-0.1, -0.05) is 60.1 Å². The fourth-order valence-electron chi connectivity index (χ4n) is 5.84. The maximum absolute atomic E-state index is 14.2. The summed E-state index contributed by atoms with van der Waals surface area (Å²) in [5.41, 5.74) is 3.57. The minimum Gasteiger partial charge on any atom is -0.496 e. The van der Waals surface area contributed by atoms with Crippen molar-refractivity contribution in [2.24, 2.45) is 0 Å². The first-order valence-electron chi connectivity index (χ1n) is 12.0. The van der Waals surface area contributed by atoms with Gasteiger partial charge >= 0.3 is 0 Å². The van der Waals surface area contributed by atoms with E-state index in [2.05, 4.69) is 11.1 Å². The van der Waals surface area contributed by atoms with Crippen LogP contribution < -0.4 is 4.74 Å². The Hall–Kier alpha value is -3.77. The zero-order chi connectivity index (χ0) is 25.0. The number of amides is 2. The topological polar surface area (TPSA) is 65.6 Å². The Morgan fingerprint density at radius 2 is 1.75 bits per heavy atom. The third-order valence-corrected chi connectivity index (χ3v) is 7.90. The summed E-state index contributed by atoms with van der Waals surface area (Å²) < 4.78 is 5.50. The van der Waals surface area contributed by atoms with Gasteiger partial charge in [-0.2, -0.15) is 0 Å². The number of aromatic nitrogens is 1. The third kappa shape index (κ3) is 3.32. The Labute approximate surface area is 214 Å². The highest BCUT2D eigenvalue weighted by Crippen LogP contribution is 2.48. The van der Waals surface area contributed by atoms with Gasteiger partial charge in [0, 0.05) is 40.5 Å². The van der Waals surface area contributed by atoms with Gasteiger partial charge in [-0.3, -0.25) is 9.59 Å². The van der Waals surface area contributed by atoms with Gasteiger partial charge in [0.1, 0.15) is 12.3 Å². The van der Waals surface area contributed by atoms with Crippen molar-refractivity contribution >= 4 is 34.3 Å². The molecule has 1 saturated heterocycles. The van der Waals surface area contributed by atoms with Crippen LogP contribution in [0.1, 0.15) is 35.2 Å². The van der Waals surface area contributed by atoms with Gasteiger partial charge in [-0.25, -0.2) is 0 Å². The fraction of sp³-hybridized carbons (Fsp3) is 0.241. The van der Waals surface area contributed by atoms with Gasteiger partial charge in [-0.05, 0) is 42.3 Å². The predicted octanol–water partition coefficient (Wildman–Crippen LogP) is 5.06. The average Bonchev–Trinajstić information content (AvgIpc) is 3.29. The molecule has 0 radical (unpaired) electrons. The lowest BCUT2D eigenvalue weighted by molar-refractivity contribution is -0.166. The molecule has 6 nitrogen and oxygen atoms in total. The van der Waals surface area contributed by atoms with Crippen molar-refractivity contribution in [1.82, 2.24) is 14.8 Å². The summed E-state index contributed by atoms with van der Waals surface area (Å²) in [6.45, 7) is 2.61. The van der Waals surface area contributed by atoms with Crippen LogP contribution >= 0.6 is 11.6 Å². The van der Waals surface area contributed by atoms with E-state index in [1.807, 2.05) is 73.7 Å². The smallest absolute Gasteiger partial charge is 0.255 e. The Kier molecular flexibility index (Phi) is 5.30. The molecule has 2 amide bonds. The number of methoxy groups -OCH3 is 1. The highest BCUT2D eigenvalue weighted by Gasteiger charge is 2.56. The number of halogens is 1. The quantitative estimate of drug-likeness (QED) is 0.427. The van der Waals surface area contributed by atoms with Crippen molar-refractivity contribution in [1.29, 1.82) is 0 Å². The molecule has 182 valence electrons. The number of H-pyrrole nitrogens is 1. The molecule has 1 fully saturated rings. The number of hydrogen-bond donors (Lipinski definition) is 1. The molecule has 0 saturated carbocycles. The second-order valence-corrected chi connectivity index (χ2v) is 10.0. The number of fused-ring (bicyclic) bond motifs is 5. The van der Waals surface area contributed by atoms with Crippen LogP contribution in [0.4, 0.5) is 0 Å². The molecule has 2 atom stereocenters. The predicted molar refractivity (Wildman–Crippen MR) is 139 cm³/mol. The number of piperazine rings is 1. The highest BCUT2D eigenvalue weighted by atomic mass is 35.5. The fourth-order valence-corrected chi connectivity index (χ4v) is 5.96. The lowest BCUT2D eigenvalue weighted by Crippen LogP contribution is -2.67. The maximum atomic E-state index is 14.2. The SMILES string of the molecule is COc1ccccc1CN1CC(=O)N2C[C@H](c3ccc(Cl)cc3)c3c([nH]c4ccccc34)[C@@]2(C)C1=O. The molecule has 1 aromatic heterocycles. The van der Waals surface area contributed by atoms with Crippen LogP contribution in [0.5, 0.6) is 5.75 Å². The Balaban J connectivity index is 1.49. The second-order valence-electron chi connectivity index (χ2n) is 9.61. The molecule has 0 unspecified atom stereocenters. The van der Waals surface area contributed by atoms with Crippen LogP contribution in [0.3, 0.4) is 0 Å². The van der Waals surface area contributed by atoms with E-state index in [1.165, 1.54) is 0 Å². The first kappa shape index (κ1) is 22.7. The zero-order valence-electron chi connectivity index (χ0n) is 20.1. The van der Waals surface area contributed by atoms with E-state index in [0.717, 1.165) is 33.3 Å². The molecule has 7 heteroatoms. The van der Waals surface area contributed by atoms with Crippen molar-refractivity contribution in [3.05, 3.63) is 100 Å². The largest absolute Gasteiger partial charge is 0.496 e. The zero-order valence-corrected chi connectivity index (χ0v) is 20.9. The first-order valence-corrected chi connectivity index (χ1v) is 12.4. The second kappa shape index (κ2) is 8.42. The standard InChI is InChI=1S/C29H26ClN3O3/c1-29-27-26(21-8-4-5-9-23(21)31-27)22(18-11-13-20(30)14-12-18)16-33(29)25(34)17-32(28(29)35)15-19-7-3-6-10-24(19)36-2/h3-14,22,31H,15-17H2,1-2H3/t22-,29+/m1/s1. The summed E-state index contributed by atoms with van der Waals surface area (Å²) >= 11 is 6.17. The van der Waals surface area contributed by atoms with E-state index >= 15 is 0 Å². The van der Waals surface area contributed by atoms with Crippen LogP contribution in [0.2, 0.25) is 5.02 Å². The van der Waals surface area contributed by atoms with Gasteiger partial charge in [0.05, 0.1) is 12.8 Å². The normalized spacial score (nSPS) is 21.5. The first-order chi connectivity index (χ1) is 17.4. The van der Waals surface area contributed by atoms with E-state index in [9.17, 15) is 9.59 Å². The van der Waals surface area contributed by atoms with Gasteiger partial charge in [0.25, 0.3) is 5.91 Å².